The molecule has 1 aromatic heterocycles. The Morgan fingerprint density at radius 2 is 1.60 bits per heavy atom. The summed E-state index contributed by atoms with van der Waals surface area (Å²) in [5.74, 6) is -2.69. The van der Waals surface area contributed by atoms with Gasteiger partial charge >= 0.3 is 0 Å². The van der Waals surface area contributed by atoms with Crippen molar-refractivity contribution in [3.63, 3.8) is 0 Å². The maximum absolute atomic E-state index is 13.8. The zero-order valence-corrected chi connectivity index (χ0v) is 12.4. The van der Waals surface area contributed by atoms with Crippen LogP contribution in [0.25, 0.3) is 10.1 Å². The third-order valence-corrected chi connectivity index (χ3v) is 5.43. The Balaban J connectivity index is 2.10. The molecule has 3 aromatic rings. The van der Waals surface area contributed by atoms with Gasteiger partial charge in [-0.15, -0.1) is 11.3 Å². The van der Waals surface area contributed by atoms with Crippen LogP contribution in [0.4, 0.5) is 13.2 Å². The second-order valence-electron chi connectivity index (χ2n) is 4.33. The summed E-state index contributed by atoms with van der Waals surface area (Å²) in [6.07, 6.45) is 0. The van der Waals surface area contributed by atoms with Gasteiger partial charge in [-0.2, -0.15) is 0 Å². The summed E-state index contributed by atoms with van der Waals surface area (Å²) < 4.78 is 41.6. The van der Waals surface area contributed by atoms with E-state index in [1.165, 1.54) is 11.3 Å². The third-order valence-electron chi connectivity index (χ3n) is 2.99. The molecular formula is C15H8BrF3S. The summed E-state index contributed by atoms with van der Waals surface area (Å²) in [6.45, 7) is 0. The van der Waals surface area contributed by atoms with Crippen molar-refractivity contribution in [3.8, 4) is 0 Å². The molecule has 3 rings (SSSR count). The molecule has 0 amide bonds. The smallest absolute Gasteiger partial charge is 0.133 e. The van der Waals surface area contributed by atoms with Crippen LogP contribution in [0.5, 0.6) is 0 Å². The highest BCUT2D eigenvalue weighted by atomic mass is 79.9. The molecule has 0 spiro atoms. The molecule has 0 nitrogen and oxygen atoms in total. The number of rotatable bonds is 2. The molecule has 0 aliphatic carbocycles. The highest BCUT2D eigenvalue weighted by molar-refractivity contribution is 9.09. The van der Waals surface area contributed by atoms with E-state index in [2.05, 4.69) is 15.9 Å². The summed E-state index contributed by atoms with van der Waals surface area (Å²) in [4.78, 5) is 0.135. The summed E-state index contributed by atoms with van der Waals surface area (Å²) in [6, 6.07) is 11.0. The van der Waals surface area contributed by atoms with Gasteiger partial charge in [0.15, 0.2) is 0 Å². The first-order chi connectivity index (χ1) is 9.56. The minimum absolute atomic E-state index is 0.169. The van der Waals surface area contributed by atoms with Crippen LogP contribution in [0.2, 0.25) is 0 Å². The topological polar surface area (TPSA) is 0 Å². The largest absolute Gasteiger partial charge is 0.207 e. The first kappa shape index (κ1) is 13.6. The van der Waals surface area contributed by atoms with E-state index in [1.54, 1.807) is 0 Å². The molecule has 102 valence electrons. The van der Waals surface area contributed by atoms with Crippen molar-refractivity contribution in [1.29, 1.82) is 0 Å². The van der Waals surface area contributed by atoms with E-state index >= 15 is 0 Å². The number of benzene rings is 2. The summed E-state index contributed by atoms with van der Waals surface area (Å²) in [5, 5.41) is 1.01. The van der Waals surface area contributed by atoms with Gasteiger partial charge in [-0.25, -0.2) is 13.2 Å². The van der Waals surface area contributed by atoms with Crippen LogP contribution in [-0.2, 0) is 0 Å². The van der Waals surface area contributed by atoms with E-state index in [0.717, 1.165) is 15.0 Å². The molecule has 0 aliphatic rings. The van der Waals surface area contributed by atoms with E-state index in [9.17, 15) is 13.2 Å². The number of alkyl halides is 1. The molecule has 0 radical (unpaired) electrons. The summed E-state index contributed by atoms with van der Waals surface area (Å²) >= 11 is 4.75. The lowest BCUT2D eigenvalue weighted by Crippen LogP contribution is -2.00. The zero-order chi connectivity index (χ0) is 14.3. The Morgan fingerprint density at radius 3 is 2.25 bits per heavy atom. The number of fused-ring (bicyclic) bond motifs is 1. The highest BCUT2D eigenvalue weighted by Gasteiger charge is 2.22. The Kier molecular flexibility index (Phi) is 3.56. The Bertz CT molecular complexity index is 726. The molecule has 0 aliphatic heterocycles. The molecule has 0 saturated heterocycles. The second kappa shape index (κ2) is 5.22. The van der Waals surface area contributed by atoms with Crippen molar-refractivity contribution in [2.45, 2.75) is 4.83 Å². The molecule has 0 fully saturated rings. The van der Waals surface area contributed by atoms with Crippen LogP contribution in [0, 0.1) is 17.5 Å². The third kappa shape index (κ3) is 2.36. The molecule has 1 unspecified atom stereocenters. The molecule has 2 aromatic carbocycles. The fraction of sp³-hybridized carbons (Fsp3) is 0.0667. The molecule has 5 heteroatoms. The first-order valence-electron chi connectivity index (χ1n) is 5.83. The average Bonchev–Trinajstić information content (AvgIpc) is 2.81. The number of thiophene rings is 1. The van der Waals surface area contributed by atoms with Gasteiger partial charge in [0, 0.05) is 27.3 Å². The summed E-state index contributed by atoms with van der Waals surface area (Å²) in [7, 11) is 0. The number of hydrogen-bond donors (Lipinski definition) is 0. The van der Waals surface area contributed by atoms with Crippen molar-refractivity contribution in [2.24, 2.45) is 0 Å². The van der Waals surface area contributed by atoms with E-state index in [4.69, 9.17) is 0 Å². The van der Waals surface area contributed by atoms with Crippen molar-refractivity contribution in [3.05, 3.63) is 70.4 Å². The zero-order valence-electron chi connectivity index (χ0n) is 10.0. The van der Waals surface area contributed by atoms with E-state index < -0.39 is 22.3 Å². The van der Waals surface area contributed by atoms with Gasteiger partial charge in [0.05, 0.1) is 4.83 Å². The Labute approximate surface area is 126 Å². The van der Waals surface area contributed by atoms with Crippen molar-refractivity contribution >= 4 is 37.4 Å². The van der Waals surface area contributed by atoms with E-state index in [0.29, 0.717) is 12.1 Å². The van der Waals surface area contributed by atoms with Gasteiger partial charge in [0.2, 0.25) is 0 Å². The van der Waals surface area contributed by atoms with Crippen molar-refractivity contribution in [1.82, 2.24) is 0 Å². The SMILES string of the molecule is Fc1cc(F)c(C(Br)c2cc3ccccc3s2)c(F)c1. The van der Waals surface area contributed by atoms with Crippen LogP contribution in [0.3, 0.4) is 0 Å². The maximum Gasteiger partial charge on any atom is 0.133 e. The lowest BCUT2D eigenvalue weighted by atomic mass is 10.1. The van der Waals surface area contributed by atoms with Crippen LogP contribution in [0.15, 0.2) is 42.5 Å². The quantitative estimate of drug-likeness (QED) is 0.508. The number of hydrogen-bond acceptors (Lipinski definition) is 1. The first-order valence-corrected chi connectivity index (χ1v) is 7.56. The Morgan fingerprint density at radius 1 is 0.950 bits per heavy atom. The fourth-order valence-electron chi connectivity index (χ4n) is 2.07. The van der Waals surface area contributed by atoms with Gasteiger partial charge in [0.1, 0.15) is 17.5 Å². The van der Waals surface area contributed by atoms with Crippen LogP contribution in [0.1, 0.15) is 15.3 Å². The van der Waals surface area contributed by atoms with Gasteiger partial charge in [0.25, 0.3) is 0 Å². The lowest BCUT2D eigenvalue weighted by molar-refractivity contribution is 0.528. The van der Waals surface area contributed by atoms with Gasteiger partial charge in [-0.1, -0.05) is 34.1 Å². The van der Waals surface area contributed by atoms with E-state index in [-0.39, 0.29) is 5.56 Å². The minimum atomic E-state index is -0.917. The van der Waals surface area contributed by atoms with Crippen molar-refractivity contribution in [2.75, 3.05) is 0 Å². The summed E-state index contributed by atoms with van der Waals surface area (Å²) in [5.41, 5.74) is -0.169. The van der Waals surface area contributed by atoms with Crippen LogP contribution >= 0.6 is 27.3 Å². The predicted octanol–water partition coefficient (Wildman–Crippen LogP) is 5.80. The lowest BCUT2D eigenvalue weighted by Gasteiger charge is -2.10. The standard InChI is InChI=1S/C15H8BrF3S/c16-15(14-10(18)6-9(17)7-11(14)19)13-5-8-3-1-2-4-12(8)20-13/h1-7,15H. The Hall–Kier alpha value is -1.33. The van der Waals surface area contributed by atoms with Crippen molar-refractivity contribution < 1.29 is 13.2 Å². The van der Waals surface area contributed by atoms with Gasteiger partial charge in [-0.3, -0.25) is 0 Å². The minimum Gasteiger partial charge on any atom is -0.207 e. The number of halogens is 4. The molecule has 1 heterocycles. The second-order valence-corrected chi connectivity index (χ2v) is 6.36. The van der Waals surface area contributed by atoms with Gasteiger partial charge in [-0.05, 0) is 17.5 Å². The molecule has 1 atom stereocenters. The van der Waals surface area contributed by atoms with Crippen LogP contribution in [-0.4, -0.2) is 0 Å². The normalized spacial score (nSPS) is 12.8. The maximum atomic E-state index is 13.8. The average molecular weight is 357 g/mol. The molecule has 0 bridgehead atoms. The molecule has 0 saturated carbocycles. The molecule has 20 heavy (non-hydrogen) atoms. The fourth-order valence-corrected chi connectivity index (χ4v) is 3.97. The molecule has 0 N–H and O–H groups in total. The van der Waals surface area contributed by atoms with E-state index in [1.807, 2.05) is 30.3 Å². The molecular weight excluding hydrogens is 349 g/mol. The van der Waals surface area contributed by atoms with Gasteiger partial charge < -0.3 is 0 Å². The monoisotopic (exact) mass is 356 g/mol. The highest BCUT2D eigenvalue weighted by Crippen LogP contribution is 2.40. The van der Waals surface area contributed by atoms with Crippen LogP contribution < -0.4 is 0 Å². The predicted molar refractivity (Wildman–Crippen MR) is 78.9 cm³/mol.